The first-order valence-corrected chi connectivity index (χ1v) is 9.69. The standard InChI is InChI=1S/C20H19N3O4S/c1-20(2,23-18(24)8-6-14(22-23)17-4-3-11-28-17)19(25)21-13-5-7-15-16(12-13)27-10-9-26-15/h3-8,11-12H,9-10H2,1-2H3,(H,21,25). The number of hydrogen-bond acceptors (Lipinski definition) is 6. The van der Waals surface area contributed by atoms with Crippen LogP contribution in [-0.4, -0.2) is 28.9 Å². The summed E-state index contributed by atoms with van der Waals surface area (Å²) in [5.74, 6) is 0.865. The van der Waals surface area contributed by atoms with Gasteiger partial charge in [-0.05, 0) is 43.5 Å². The predicted octanol–water partition coefficient (Wildman–Crippen LogP) is 3.12. The second-order valence-corrected chi connectivity index (χ2v) is 7.77. The van der Waals surface area contributed by atoms with E-state index in [9.17, 15) is 9.59 Å². The first-order valence-electron chi connectivity index (χ1n) is 8.81. The summed E-state index contributed by atoms with van der Waals surface area (Å²) < 4.78 is 12.3. The Morgan fingerprint density at radius 2 is 1.93 bits per heavy atom. The van der Waals surface area contributed by atoms with Crippen molar-refractivity contribution in [3.63, 3.8) is 0 Å². The van der Waals surface area contributed by atoms with Gasteiger partial charge in [0.1, 0.15) is 24.4 Å². The lowest BCUT2D eigenvalue weighted by Crippen LogP contribution is -2.47. The average molecular weight is 397 g/mol. The van der Waals surface area contributed by atoms with Crippen LogP contribution in [0.5, 0.6) is 11.5 Å². The number of thiophene rings is 1. The summed E-state index contributed by atoms with van der Waals surface area (Å²) in [5.41, 5.74) is -0.334. The van der Waals surface area contributed by atoms with E-state index >= 15 is 0 Å². The maximum Gasteiger partial charge on any atom is 0.267 e. The molecule has 7 nitrogen and oxygen atoms in total. The number of rotatable bonds is 4. The van der Waals surface area contributed by atoms with Crippen molar-refractivity contribution in [3.8, 4) is 22.1 Å². The van der Waals surface area contributed by atoms with E-state index in [0.717, 1.165) is 4.88 Å². The van der Waals surface area contributed by atoms with Gasteiger partial charge in [-0.15, -0.1) is 11.3 Å². The Hall–Kier alpha value is -3.13. The molecule has 1 aliphatic heterocycles. The van der Waals surface area contributed by atoms with E-state index < -0.39 is 5.54 Å². The third-order valence-electron chi connectivity index (χ3n) is 4.46. The van der Waals surface area contributed by atoms with E-state index in [4.69, 9.17) is 9.47 Å². The molecule has 4 rings (SSSR count). The van der Waals surface area contributed by atoms with Crippen LogP contribution >= 0.6 is 11.3 Å². The van der Waals surface area contributed by atoms with Crippen LogP contribution in [0.1, 0.15) is 13.8 Å². The number of benzene rings is 1. The minimum Gasteiger partial charge on any atom is -0.486 e. The van der Waals surface area contributed by atoms with E-state index in [2.05, 4.69) is 10.4 Å². The second kappa shape index (κ2) is 7.12. The van der Waals surface area contributed by atoms with Crippen molar-refractivity contribution >= 4 is 22.9 Å². The van der Waals surface area contributed by atoms with Crippen molar-refractivity contribution in [2.45, 2.75) is 19.4 Å². The number of amides is 1. The summed E-state index contributed by atoms with van der Waals surface area (Å²) in [6.45, 7) is 4.28. The summed E-state index contributed by atoms with van der Waals surface area (Å²) in [7, 11) is 0. The van der Waals surface area contributed by atoms with Crippen molar-refractivity contribution in [1.29, 1.82) is 0 Å². The highest BCUT2D eigenvalue weighted by Gasteiger charge is 2.32. The van der Waals surface area contributed by atoms with Gasteiger partial charge in [0.05, 0.1) is 4.88 Å². The number of ether oxygens (including phenoxy) is 2. The Bertz CT molecular complexity index is 1070. The molecule has 0 radical (unpaired) electrons. The third kappa shape index (κ3) is 3.38. The van der Waals surface area contributed by atoms with Gasteiger partial charge in [0.15, 0.2) is 11.5 Å². The van der Waals surface area contributed by atoms with Gasteiger partial charge in [0, 0.05) is 17.8 Å². The molecule has 28 heavy (non-hydrogen) atoms. The number of carbonyl (C=O) groups excluding carboxylic acids is 1. The van der Waals surface area contributed by atoms with Crippen molar-refractivity contribution in [2.75, 3.05) is 18.5 Å². The molecule has 0 atom stereocenters. The molecule has 144 valence electrons. The largest absolute Gasteiger partial charge is 0.486 e. The van der Waals surface area contributed by atoms with Gasteiger partial charge in [-0.2, -0.15) is 5.10 Å². The Kier molecular flexibility index (Phi) is 4.64. The lowest BCUT2D eigenvalue weighted by Gasteiger charge is -2.26. The molecule has 1 amide bonds. The molecule has 0 saturated heterocycles. The summed E-state index contributed by atoms with van der Waals surface area (Å²) in [5, 5.41) is 9.21. The summed E-state index contributed by atoms with van der Waals surface area (Å²) in [6, 6.07) is 12.1. The van der Waals surface area contributed by atoms with Crippen LogP contribution < -0.4 is 20.3 Å². The fraction of sp³-hybridized carbons (Fsp3) is 0.250. The molecule has 0 unspecified atom stereocenters. The van der Waals surface area contributed by atoms with Crippen LogP contribution in [0.25, 0.3) is 10.6 Å². The molecule has 3 heterocycles. The van der Waals surface area contributed by atoms with Crippen LogP contribution in [0.3, 0.4) is 0 Å². The fourth-order valence-corrected chi connectivity index (χ4v) is 3.56. The Labute approximate surface area is 165 Å². The van der Waals surface area contributed by atoms with Crippen molar-refractivity contribution in [2.24, 2.45) is 0 Å². The monoisotopic (exact) mass is 397 g/mol. The lowest BCUT2D eigenvalue weighted by atomic mass is 10.0. The van der Waals surface area contributed by atoms with E-state index in [1.165, 1.54) is 22.1 Å². The molecule has 0 fully saturated rings. The van der Waals surface area contributed by atoms with E-state index in [1.54, 1.807) is 38.1 Å². The van der Waals surface area contributed by atoms with Crippen LogP contribution in [-0.2, 0) is 10.3 Å². The second-order valence-electron chi connectivity index (χ2n) is 6.82. The number of anilines is 1. The SMILES string of the molecule is CC(C)(C(=O)Nc1ccc2c(c1)OCCO2)n1nc(-c2cccs2)ccc1=O. The smallest absolute Gasteiger partial charge is 0.267 e. The molecule has 2 aromatic heterocycles. The molecule has 1 aliphatic rings. The molecular formula is C20H19N3O4S. The van der Waals surface area contributed by atoms with Crippen LogP contribution in [0.15, 0.2) is 52.6 Å². The van der Waals surface area contributed by atoms with Gasteiger partial charge in [0.2, 0.25) is 0 Å². The Morgan fingerprint density at radius 1 is 1.14 bits per heavy atom. The molecule has 1 aromatic carbocycles. The Morgan fingerprint density at radius 3 is 2.68 bits per heavy atom. The Balaban J connectivity index is 1.62. The number of aromatic nitrogens is 2. The average Bonchev–Trinajstić information content (AvgIpc) is 3.23. The van der Waals surface area contributed by atoms with E-state index in [1.807, 2.05) is 17.5 Å². The number of hydrogen-bond donors (Lipinski definition) is 1. The molecule has 3 aromatic rings. The number of fused-ring (bicyclic) bond motifs is 1. The quantitative estimate of drug-likeness (QED) is 0.731. The number of nitrogens with zero attached hydrogens (tertiary/aromatic N) is 2. The molecule has 0 bridgehead atoms. The van der Waals surface area contributed by atoms with Crippen LogP contribution in [0.4, 0.5) is 5.69 Å². The zero-order chi connectivity index (χ0) is 19.7. The number of carbonyl (C=O) groups is 1. The predicted molar refractivity (Wildman–Crippen MR) is 107 cm³/mol. The van der Waals surface area contributed by atoms with Gasteiger partial charge >= 0.3 is 0 Å². The first kappa shape index (κ1) is 18.2. The van der Waals surface area contributed by atoms with E-state index in [-0.39, 0.29) is 11.5 Å². The topological polar surface area (TPSA) is 82.4 Å². The van der Waals surface area contributed by atoms with Crippen LogP contribution in [0, 0.1) is 0 Å². The van der Waals surface area contributed by atoms with Gasteiger partial charge in [0.25, 0.3) is 11.5 Å². The van der Waals surface area contributed by atoms with Gasteiger partial charge in [-0.3, -0.25) is 9.59 Å². The fourth-order valence-electron chi connectivity index (χ4n) is 2.87. The third-order valence-corrected chi connectivity index (χ3v) is 5.35. The maximum atomic E-state index is 13.0. The van der Waals surface area contributed by atoms with Crippen molar-refractivity contribution < 1.29 is 14.3 Å². The molecule has 0 saturated carbocycles. The highest BCUT2D eigenvalue weighted by atomic mass is 32.1. The highest BCUT2D eigenvalue weighted by molar-refractivity contribution is 7.13. The number of nitrogens with one attached hydrogen (secondary N) is 1. The van der Waals surface area contributed by atoms with Crippen molar-refractivity contribution in [1.82, 2.24) is 9.78 Å². The normalized spacial score (nSPS) is 13.2. The minimum atomic E-state index is -1.20. The summed E-state index contributed by atoms with van der Waals surface area (Å²) in [4.78, 5) is 26.3. The van der Waals surface area contributed by atoms with Gasteiger partial charge < -0.3 is 14.8 Å². The van der Waals surface area contributed by atoms with E-state index in [0.29, 0.717) is 36.1 Å². The molecule has 0 spiro atoms. The lowest BCUT2D eigenvalue weighted by molar-refractivity contribution is -0.123. The first-order chi connectivity index (χ1) is 13.4. The minimum absolute atomic E-state index is 0.345. The van der Waals surface area contributed by atoms with Crippen molar-refractivity contribution in [3.05, 3.63) is 58.2 Å². The van der Waals surface area contributed by atoms with Gasteiger partial charge in [-0.1, -0.05) is 6.07 Å². The zero-order valence-corrected chi connectivity index (χ0v) is 16.3. The summed E-state index contributed by atoms with van der Waals surface area (Å²) >= 11 is 1.52. The zero-order valence-electron chi connectivity index (χ0n) is 15.5. The molecule has 8 heteroatoms. The van der Waals surface area contributed by atoms with Gasteiger partial charge in [-0.25, -0.2) is 4.68 Å². The molecule has 0 aliphatic carbocycles. The maximum absolute atomic E-state index is 13.0. The highest BCUT2D eigenvalue weighted by Crippen LogP contribution is 2.33. The molecular weight excluding hydrogens is 378 g/mol. The molecule has 1 N–H and O–H groups in total. The van der Waals surface area contributed by atoms with Crippen LogP contribution in [0.2, 0.25) is 0 Å². The summed E-state index contributed by atoms with van der Waals surface area (Å²) in [6.07, 6.45) is 0.